The number of benzene rings is 10. The Morgan fingerprint density at radius 2 is 0.862 bits per heavy atom. The second kappa shape index (κ2) is 14.4. The van der Waals surface area contributed by atoms with E-state index in [9.17, 15) is 0 Å². The lowest BCUT2D eigenvalue weighted by Gasteiger charge is -2.34. The average Bonchev–Trinajstić information content (AvgIpc) is 3.99. The molecule has 1 heterocycles. The minimum atomic E-state index is -0.511. The number of rotatable bonds is 7. The Bertz CT molecular complexity index is 3580. The summed E-state index contributed by atoms with van der Waals surface area (Å²) in [5, 5.41) is 2.20. The third kappa shape index (κ3) is 5.35. The Balaban J connectivity index is 1.08. The third-order valence-electron chi connectivity index (χ3n) is 14.4. The van der Waals surface area contributed by atoms with E-state index in [4.69, 9.17) is 4.42 Å². The van der Waals surface area contributed by atoms with E-state index in [0.29, 0.717) is 0 Å². The van der Waals surface area contributed by atoms with E-state index in [1.165, 1.54) is 66.8 Å². The molecule has 0 bridgehead atoms. The van der Waals surface area contributed by atoms with E-state index in [2.05, 4.69) is 248 Å². The van der Waals surface area contributed by atoms with Crippen molar-refractivity contribution in [2.45, 2.75) is 17.8 Å². The monoisotopic (exact) mass is 829 g/mol. The van der Waals surface area contributed by atoms with Gasteiger partial charge in [-0.15, -0.1) is 0 Å². The van der Waals surface area contributed by atoms with Crippen LogP contribution in [0, 0.1) is 0 Å². The Hall–Kier alpha value is -8.20. The van der Waals surface area contributed by atoms with Gasteiger partial charge in [0.05, 0.1) is 11.1 Å². The van der Waals surface area contributed by atoms with Gasteiger partial charge in [-0.2, -0.15) is 0 Å². The van der Waals surface area contributed by atoms with Crippen molar-refractivity contribution in [2.24, 2.45) is 0 Å². The first-order valence-corrected chi connectivity index (χ1v) is 22.6. The lowest BCUT2D eigenvalue weighted by Crippen LogP contribution is -2.28. The van der Waals surface area contributed by atoms with Crippen molar-refractivity contribution in [1.29, 1.82) is 0 Å². The summed E-state index contributed by atoms with van der Waals surface area (Å²) in [6, 6.07) is 89.3. The highest BCUT2D eigenvalue weighted by molar-refractivity contribution is 6.07. The molecule has 0 saturated carbocycles. The molecule has 65 heavy (non-hydrogen) atoms. The van der Waals surface area contributed by atoms with Gasteiger partial charge in [0, 0.05) is 33.1 Å². The van der Waals surface area contributed by atoms with Gasteiger partial charge in [0.25, 0.3) is 0 Å². The molecule has 0 saturated heterocycles. The van der Waals surface area contributed by atoms with E-state index >= 15 is 0 Å². The number of fused-ring (bicyclic) bond motifs is 9. The lowest BCUT2D eigenvalue weighted by molar-refractivity contribution is 0.669. The molecular formula is C63H43NO. The summed E-state index contributed by atoms with van der Waals surface area (Å²) in [4.78, 5) is 2.48. The molecule has 306 valence electrons. The minimum Gasteiger partial charge on any atom is -0.456 e. The number of nitrogens with zero attached hydrogens (tertiary/aromatic N) is 1. The summed E-state index contributed by atoms with van der Waals surface area (Å²) in [6.07, 6.45) is 0. The summed E-state index contributed by atoms with van der Waals surface area (Å²) in [5.74, 6) is 0. The standard InChI is InChI=1S/C63H43NO/c1-62(42-20-5-2-6-21-42)54-31-15-11-26-47(54)48-38-36-46(41-57(48)62)64(45-37-39-60-53(40-45)50-28-14-18-35-59(50)65-60)58-34-17-13-27-49(58)51-30-19-33-56-61(51)52-29-12-16-32-55(52)63(56,43-22-7-3-8-23-43)44-24-9-4-10-25-44/h2-41H,1H3. The number of para-hydroxylation sites is 2. The van der Waals surface area contributed by atoms with Crippen molar-refractivity contribution in [3.63, 3.8) is 0 Å². The van der Waals surface area contributed by atoms with E-state index < -0.39 is 5.41 Å². The molecule has 2 aliphatic rings. The van der Waals surface area contributed by atoms with Crippen LogP contribution in [0.3, 0.4) is 0 Å². The molecule has 0 fully saturated rings. The first kappa shape index (κ1) is 37.4. The average molecular weight is 830 g/mol. The topological polar surface area (TPSA) is 16.4 Å². The van der Waals surface area contributed by atoms with E-state index in [1.807, 2.05) is 6.07 Å². The summed E-state index contributed by atoms with van der Waals surface area (Å²) in [5.41, 5.74) is 20.6. The fourth-order valence-electron chi connectivity index (χ4n) is 11.6. The van der Waals surface area contributed by atoms with E-state index in [-0.39, 0.29) is 5.41 Å². The quantitative estimate of drug-likeness (QED) is 0.159. The van der Waals surface area contributed by atoms with Crippen LogP contribution in [-0.2, 0) is 10.8 Å². The Morgan fingerprint density at radius 1 is 0.338 bits per heavy atom. The number of hydrogen-bond acceptors (Lipinski definition) is 2. The van der Waals surface area contributed by atoms with Crippen molar-refractivity contribution in [2.75, 3.05) is 4.90 Å². The third-order valence-corrected chi connectivity index (χ3v) is 14.4. The SMILES string of the molecule is CC1(c2ccccc2)c2ccccc2-c2ccc(N(c3ccc4oc5ccccc5c4c3)c3ccccc3-c3cccc4c3-c3ccccc3C4(c3ccccc3)c3ccccc3)cc21. The van der Waals surface area contributed by atoms with Crippen LogP contribution >= 0.6 is 0 Å². The van der Waals surface area contributed by atoms with E-state index in [0.717, 1.165) is 44.6 Å². The Morgan fingerprint density at radius 3 is 1.62 bits per heavy atom. The van der Waals surface area contributed by atoms with Crippen LogP contribution in [0.25, 0.3) is 55.3 Å². The predicted octanol–water partition coefficient (Wildman–Crippen LogP) is 16.4. The highest BCUT2D eigenvalue weighted by Crippen LogP contribution is 2.60. The maximum Gasteiger partial charge on any atom is 0.135 e. The van der Waals surface area contributed by atoms with Gasteiger partial charge in [0.2, 0.25) is 0 Å². The van der Waals surface area contributed by atoms with Gasteiger partial charge in [0.1, 0.15) is 11.2 Å². The first-order valence-electron chi connectivity index (χ1n) is 22.6. The summed E-state index contributed by atoms with van der Waals surface area (Å²) in [6.45, 7) is 2.40. The second-order valence-corrected chi connectivity index (χ2v) is 17.7. The molecule has 1 atom stereocenters. The van der Waals surface area contributed by atoms with Crippen LogP contribution in [0.4, 0.5) is 17.1 Å². The van der Waals surface area contributed by atoms with Crippen LogP contribution in [0.2, 0.25) is 0 Å². The van der Waals surface area contributed by atoms with Crippen molar-refractivity contribution in [1.82, 2.24) is 0 Å². The zero-order chi connectivity index (χ0) is 43.1. The van der Waals surface area contributed by atoms with Crippen LogP contribution in [-0.4, -0.2) is 0 Å². The van der Waals surface area contributed by atoms with Crippen molar-refractivity contribution < 1.29 is 4.42 Å². The van der Waals surface area contributed by atoms with Gasteiger partial charge in [0.15, 0.2) is 0 Å². The predicted molar refractivity (Wildman–Crippen MR) is 269 cm³/mol. The normalized spacial score (nSPS) is 15.3. The fourth-order valence-corrected chi connectivity index (χ4v) is 11.6. The second-order valence-electron chi connectivity index (χ2n) is 17.7. The van der Waals surface area contributed by atoms with Crippen LogP contribution in [0.15, 0.2) is 247 Å². The maximum atomic E-state index is 6.42. The van der Waals surface area contributed by atoms with Gasteiger partial charge in [-0.1, -0.05) is 200 Å². The summed E-state index contributed by atoms with van der Waals surface area (Å²) in [7, 11) is 0. The smallest absolute Gasteiger partial charge is 0.135 e. The van der Waals surface area contributed by atoms with Crippen LogP contribution in [0.1, 0.15) is 45.9 Å². The first-order chi connectivity index (χ1) is 32.1. The molecule has 2 nitrogen and oxygen atoms in total. The van der Waals surface area contributed by atoms with Gasteiger partial charge in [-0.3, -0.25) is 0 Å². The summed E-state index contributed by atoms with van der Waals surface area (Å²) < 4.78 is 6.42. The minimum absolute atomic E-state index is 0.360. The van der Waals surface area contributed by atoms with Gasteiger partial charge in [-0.05, 0) is 116 Å². The lowest BCUT2D eigenvalue weighted by atomic mass is 9.67. The largest absolute Gasteiger partial charge is 0.456 e. The highest BCUT2D eigenvalue weighted by atomic mass is 16.3. The molecule has 0 aliphatic heterocycles. The number of furan rings is 1. The molecule has 1 unspecified atom stereocenters. The Labute approximate surface area is 379 Å². The molecule has 10 aromatic carbocycles. The molecule has 0 spiro atoms. The molecule has 0 radical (unpaired) electrons. The molecule has 0 N–H and O–H groups in total. The Kier molecular flexibility index (Phi) is 8.29. The highest BCUT2D eigenvalue weighted by Gasteiger charge is 2.47. The number of anilines is 3. The molecule has 13 rings (SSSR count). The van der Waals surface area contributed by atoms with Gasteiger partial charge in [-0.25, -0.2) is 0 Å². The van der Waals surface area contributed by atoms with Crippen molar-refractivity contribution in [3.8, 4) is 33.4 Å². The number of hydrogen-bond donors (Lipinski definition) is 0. The molecule has 1 aromatic heterocycles. The molecule has 0 amide bonds. The molecule has 2 heteroatoms. The maximum absolute atomic E-state index is 6.42. The zero-order valence-corrected chi connectivity index (χ0v) is 35.9. The molecule has 11 aromatic rings. The van der Waals surface area contributed by atoms with Gasteiger partial charge >= 0.3 is 0 Å². The summed E-state index contributed by atoms with van der Waals surface area (Å²) >= 11 is 0. The molecular weight excluding hydrogens is 787 g/mol. The van der Waals surface area contributed by atoms with Crippen LogP contribution < -0.4 is 4.90 Å². The van der Waals surface area contributed by atoms with Crippen LogP contribution in [0.5, 0.6) is 0 Å². The van der Waals surface area contributed by atoms with Crippen molar-refractivity contribution in [3.05, 3.63) is 282 Å². The van der Waals surface area contributed by atoms with E-state index in [1.54, 1.807) is 0 Å². The van der Waals surface area contributed by atoms with Crippen molar-refractivity contribution >= 4 is 39.0 Å². The molecule has 2 aliphatic carbocycles. The zero-order valence-electron chi connectivity index (χ0n) is 35.9. The van der Waals surface area contributed by atoms with Gasteiger partial charge < -0.3 is 9.32 Å². The fraction of sp³-hybridized carbons (Fsp3) is 0.0476.